The first kappa shape index (κ1) is 25.2. The highest BCUT2D eigenvalue weighted by molar-refractivity contribution is 6.09. The van der Waals surface area contributed by atoms with Crippen molar-refractivity contribution in [1.82, 2.24) is 5.32 Å². The molecule has 2 aromatic carbocycles. The van der Waals surface area contributed by atoms with Crippen molar-refractivity contribution in [3.63, 3.8) is 0 Å². The summed E-state index contributed by atoms with van der Waals surface area (Å²) in [7, 11) is 3.05. The third-order valence-electron chi connectivity index (χ3n) is 6.31. The molecule has 1 fully saturated rings. The minimum atomic E-state index is -1.05. The fourth-order valence-electron chi connectivity index (χ4n) is 4.65. The van der Waals surface area contributed by atoms with Crippen molar-refractivity contribution in [2.75, 3.05) is 25.7 Å². The van der Waals surface area contributed by atoms with Crippen LogP contribution in [0, 0.1) is 0 Å². The van der Waals surface area contributed by atoms with E-state index >= 15 is 0 Å². The number of nitrogens with zero attached hydrogens (tertiary/aromatic N) is 1. The van der Waals surface area contributed by atoms with Crippen molar-refractivity contribution in [2.24, 2.45) is 0 Å². The number of furan rings is 1. The lowest BCUT2D eigenvalue weighted by atomic mass is 10.00. The van der Waals surface area contributed by atoms with Gasteiger partial charge in [0.15, 0.2) is 17.3 Å². The third-order valence-corrected chi connectivity index (χ3v) is 6.31. The van der Waals surface area contributed by atoms with Gasteiger partial charge in [-0.2, -0.15) is 0 Å². The molecule has 8 nitrogen and oxygen atoms in total. The lowest BCUT2D eigenvalue weighted by molar-refractivity contribution is -0.123. The van der Waals surface area contributed by atoms with E-state index in [1.165, 1.54) is 25.4 Å². The van der Waals surface area contributed by atoms with Crippen LogP contribution >= 0.6 is 0 Å². The summed E-state index contributed by atoms with van der Waals surface area (Å²) in [5, 5.41) is 3.16. The molecule has 1 aromatic heterocycles. The Morgan fingerprint density at radius 2 is 1.78 bits per heavy atom. The topological polar surface area (TPSA) is 90.2 Å². The predicted octanol–water partition coefficient (Wildman–Crippen LogP) is 5.14. The van der Waals surface area contributed by atoms with E-state index in [0.29, 0.717) is 35.1 Å². The first-order valence-electron chi connectivity index (χ1n) is 12.2. The molecule has 0 spiro atoms. The molecular weight excluding hydrogens is 460 g/mol. The summed E-state index contributed by atoms with van der Waals surface area (Å²) >= 11 is 0. The molecule has 4 rings (SSSR count). The van der Waals surface area contributed by atoms with E-state index < -0.39 is 11.9 Å². The van der Waals surface area contributed by atoms with Gasteiger partial charge in [0.25, 0.3) is 5.91 Å². The molecule has 0 bridgehead atoms. The van der Waals surface area contributed by atoms with Crippen LogP contribution in [0.15, 0.2) is 65.3 Å². The SMILES string of the molecule is CCOc1ccc(N(C(=O)c2ccco2)C(C(=O)NC2CCCC2)c2cccc(OC)c2OC)cc1. The second-order valence-corrected chi connectivity index (χ2v) is 8.55. The molecule has 3 aromatic rings. The molecule has 1 heterocycles. The maximum absolute atomic E-state index is 14.0. The summed E-state index contributed by atoms with van der Waals surface area (Å²) in [6.07, 6.45) is 5.37. The number of anilines is 1. The van der Waals surface area contributed by atoms with Gasteiger partial charge in [-0.05, 0) is 62.2 Å². The number of ether oxygens (including phenoxy) is 3. The van der Waals surface area contributed by atoms with Crippen LogP contribution in [-0.4, -0.2) is 38.7 Å². The number of carbonyl (C=O) groups is 2. The number of methoxy groups -OCH3 is 2. The number of hydrogen-bond donors (Lipinski definition) is 1. The van der Waals surface area contributed by atoms with Gasteiger partial charge in [-0.3, -0.25) is 14.5 Å². The van der Waals surface area contributed by atoms with E-state index in [9.17, 15) is 9.59 Å². The smallest absolute Gasteiger partial charge is 0.294 e. The molecule has 0 saturated heterocycles. The minimum absolute atomic E-state index is 0.0532. The average molecular weight is 493 g/mol. The van der Waals surface area contributed by atoms with Crippen LogP contribution < -0.4 is 24.4 Å². The van der Waals surface area contributed by atoms with Gasteiger partial charge < -0.3 is 23.9 Å². The monoisotopic (exact) mass is 492 g/mol. The highest BCUT2D eigenvalue weighted by atomic mass is 16.5. The minimum Gasteiger partial charge on any atom is -0.494 e. The Morgan fingerprint density at radius 1 is 1.03 bits per heavy atom. The van der Waals surface area contributed by atoms with Crippen LogP contribution in [0.2, 0.25) is 0 Å². The molecular formula is C28H32N2O6. The maximum Gasteiger partial charge on any atom is 0.294 e. The highest BCUT2D eigenvalue weighted by Gasteiger charge is 2.38. The van der Waals surface area contributed by atoms with E-state index in [1.54, 1.807) is 54.6 Å². The van der Waals surface area contributed by atoms with Gasteiger partial charge in [0.05, 0.1) is 27.1 Å². The van der Waals surface area contributed by atoms with Crippen molar-refractivity contribution in [3.8, 4) is 17.2 Å². The van der Waals surface area contributed by atoms with Gasteiger partial charge in [-0.15, -0.1) is 0 Å². The van der Waals surface area contributed by atoms with E-state index in [2.05, 4.69) is 5.32 Å². The van der Waals surface area contributed by atoms with Crippen LogP contribution in [0.4, 0.5) is 5.69 Å². The molecule has 8 heteroatoms. The Hall–Kier alpha value is -3.94. The number of benzene rings is 2. The van der Waals surface area contributed by atoms with Crippen molar-refractivity contribution in [1.29, 1.82) is 0 Å². The Morgan fingerprint density at radius 3 is 2.39 bits per heavy atom. The number of amides is 2. The average Bonchev–Trinajstić information content (AvgIpc) is 3.62. The lowest BCUT2D eigenvalue weighted by Crippen LogP contribution is -2.46. The number of hydrogen-bond acceptors (Lipinski definition) is 6. The molecule has 1 aliphatic rings. The Bertz CT molecular complexity index is 1150. The molecule has 36 heavy (non-hydrogen) atoms. The van der Waals surface area contributed by atoms with Crippen LogP contribution in [0.5, 0.6) is 17.2 Å². The zero-order chi connectivity index (χ0) is 25.5. The quantitative estimate of drug-likeness (QED) is 0.421. The normalized spacial score (nSPS) is 14.2. The fourth-order valence-corrected chi connectivity index (χ4v) is 4.65. The molecule has 2 amide bonds. The van der Waals surface area contributed by atoms with Crippen molar-refractivity contribution < 1.29 is 28.2 Å². The zero-order valence-electron chi connectivity index (χ0n) is 20.9. The molecule has 0 aliphatic heterocycles. The van der Waals surface area contributed by atoms with E-state index in [0.717, 1.165) is 25.7 Å². The molecule has 1 N–H and O–H groups in total. The molecule has 1 aliphatic carbocycles. The molecule has 190 valence electrons. The molecule has 1 saturated carbocycles. The third kappa shape index (κ3) is 5.32. The lowest BCUT2D eigenvalue weighted by Gasteiger charge is -2.32. The van der Waals surface area contributed by atoms with Gasteiger partial charge in [-0.1, -0.05) is 25.0 Å². The second-order valence-electron chi connectivity index (χ2n) is 8.55. The highest BCUT2D eigenvalue weighted by Crippen LogP contribution is 2.40. The van der Waals surface area contributed by atoms with Crippen molar-refractivity contribution in [2.45, 2.75) is 44.7 Å². The zero-order valence-corrected chi connectivity index (χ0v) is 20.9. The standard InChI is InChI=1S/C28H32N2O6/c1-4-35-21-16-14-20(15-17-21)30(28(32)24-13-8-18-36-24)25(27(31)29-19-9-5-6-10-19)22-11-7-12-23(33-2)26(22)34-3/h7-8,11-19,25H,4-6,9-10H2,1-3H3,(H,29,31). The maximum atomic E-state index is 14.0. The first-order valence-corrected chi connectivity index (χ1v) is 12.2. The van der Waals surface area contributed by atoms with Crippen LogP contribution in [-0.2, 0) is 4.79 Å². The van der Waals surface area contributed by atoms with Gasteiger partial charge >= 0.3 is 0 Å². The van der Waals surface area contributed by atoms with E-state index in [4.69, 9.17) is 18.6 Å². The van der Waals surface area contributed by atoms with Crippen LogP contribution in [0.25, 0.3) is 0 Å². The van der Waals surface area contributed by atoms with Gasteiger partial charge in [0, 0.05) is 17.3 Å². The van der Waals surface area contributed by atoms with Crippen molar-refractivity contribution >= 4 is 17.5 Å². The summed E-state index contributed by atoms with van der Waals surface area (Å²) in [4.78, 5) is 29.3. The van der Waals surface area contributed by atoms with Gasteiger partial charge in [0.2, 0.25) is 5.91 Å². The summed E-state index contributed by atoms with van der Waals surface area (Å²) in [5.74, 6) is 0.866. The molecule has 1 unspecified atom stereocenters. The largest absolute Gasteiger partial charge is 0.494 e. The van der Waals surface area contributed by atoms with E-state index in [-0.39, 0.29) is 17.7 Å². The van der Waals surface area contributed by atoms with Gasteiger partial charge in [-0.25, -0.2) is 0 Å². The number of carbonyl (C=O) groups excluding carboxylic acids is 2. The Labute approximate surface area is 211 Å². The van der Waals surface area contributed by atoms with Gasteiger partial charge in [0.1, 0.15) is 11.8 Å². The fraction of sp³-hybridized carbons (Fsp3) is 0.357. The first-order chi connectivity index (χ1) is 17.6. The Balaban J connectivity index is 1.86. The molecule has 0 radical (unpaired) electrons. The summed E-state index contributed by atoms with van der Waals surface area (Å²) in [6.45, 7) is 2.42. The predicted molar refractivity (Wildman–Crippen MR) is 136 cm³/mol. The molecule has 1 atom stereocenters. The van der Waals surface area contributed by atoms with E-state index in [1.807, 2.05) is 6.92 Å². The number of para-hydroxylation sites is 1. The number of nitrogens with one attached hydrogen (secondary N) is 1. The summed E-state index contributed by atoms with van der Waals surface area (Å²) in [5.41, 5.74) is 1.01. The number of rotatable bonds is 10. The van der Waals surface area contributed by atoms with Crippen LogP contribution in [0.1, 0.15) is 54.8 Å². The second kappa shape index (κ2) is 11.7. The van der Waals surface area contributed by atoms with Crippen LogP contribution in [0.3, 0.4) is 0 Å². The summed E-state index contributed by atoms with van der Waals surface area (Å²) in [6, 6.07) is 14.6. The summed E-state index contributed by atoms with van der Waals surface area (Å²) < 4.78 is 22.2. The Kier molecular flexibility index (Phi) is 8.15. The van der Waals surface area contributed by atoms with Crippen molar-refractivity contribution in [3.05, 3.63) is 72.2 Å².